The third-order valence-electron chi connectivity index (χ3n) is 4.97. The average molecular weight is 443 g/mol. The van der Waals surface area contributed by atoms with Crippen molar-refractivity contribution in [3.05, 3.63) is 58.6 Å². The lowest BCUT2D eigenvalue weighted by Crippen LogP contribution is -2.72. The molecule has 0 radical (unpaired) electrons. The van der Waals surface area contributed by atoms with Crippen LogP contribution in [0, 0.1) is 5.92 Å². The molecular formula is C19H14ClF3N2O5. The van der Waals surface area contributed by atoms with E-state index in [1.54, 1.807) is 0 Å². The number of amides is 2. The fourth-order valence-corrected chi connectivity index (χ4v) is 3.64. The highest BCUT2D eigenvalue weighted by molar-refractivity contribution is 6.30. The Balaban J connectivity index is 1.84. The Morgan fingerprint density at radius 2 is 1.80 bits per heavy atom. The smallest absolute Gasteiger partial charge is 0.437 e. The molecule has 11 heteroatoms. The molecule has 7 nitrogen and oxygen atoms in total. The van der Waals surface area contributed by atoms with Crippen LogP contribution in [0.1, 0.15) is 22.0 Å². The van der Waals surface area contributed by atoms with Crippen LogP contribution >= 0.6 is 11.6 Å². The average Bonchev–Trinajstić information content (AvgIpc) is 3.14. The van der Waals surface area contributed by atoms with E-state index in [1.165, 1.54) is 47.8 Å². The molecule has 3 atom stereocenters. The van der Waals surface area contributed by atoms with Gasteiger partial charge in [0.2, 0.25) is 12.5 Å². The summed E-state index contributed by atoms with van der Waals surface area (Å²) >= 11 is 5.79. The van der Waals surface area contributed by atoms with Crippen molar-refractivity contribution in [2.45, 2.75) is 17.9 Å². The number of hydrogen-bond donors (Lipinski definition) is 3. The van der Waals surface area contributed by atoms with Gasteiger partial charge in [0.05, 0.1) is 6.04 Å². The van der Waals surface area contributed by atoms with E-state index < -0.39 is 35.7 Å². The zero-order chi connectivity index (χ0) is 21.7. The summed E-state index contributed by atoms with van der Waals surface area (Å²) in [6.45, 7) is -0.0724. The van der Waals surface area contributed by atoms with Crippen molar-refractivity contribution >= 4 is 23.4 Å². The maximum absolute atomic E-state index is 13.9. The fourth-order valence-electron chi connectivity index (χ4n) is 3.52. The van der Waals surface area contributed by atoms with E-state index in [0.717, 1.165) is 0 Å². The lowest BCUT2D eigenvalue weighted by atomic mass is 9.77. The van der Waals surface area contributed by atoms with E-state index in [9.17, 15) is 27.9 Å². The molecule has 0 aromatic heterocycles. The summed E-state index contributed by atoms with van der Waals surface area (Å²) in [7, 11) is 0. The number of alkyl halides is 3. The molecule has 3 N–H and O–H groups in total. The Hall–Kier alpha value is -2.98. The van der Waals surface area contributed by atoms with Crippen LogP contribution in [0.4, 0.5) is 18.0 Å². The topological polar surface area (TPSA) is 96.9 Å². The number of aliphatic hydroxyl groups is 1. The minimum Gasteiger partial charge on any atom is -0.454 e. The molecule has 0 aliphatic carbocycles. The summed E-state index contributed by atoms with van der Waals surface area (Å²) in [5.74, 6) is -2.57. The number of carbonyl (C=O) groups excluding carboxylic acids is 2. The molecule has 2 aromatic carbocycles. The molecule has 2 heterocycles. The molecule has 2 aliphatic rings. The minimum absolute atomic E-state index is 0.0724. The normalized spacial score (nSPS) is 25.4. The second-order valence-corrected chi connectivity index (χ2v) is 7.24. The highest BCUT2D eigenvalue weighted by Crippen LogP contribution is 2.45. The summed E-state index contributed by atoms with van der Waals surface area (Å²) in [6.07, 6.45) is -5.34. The maximum Gasteiger partial charge on any atom is 0.437 e. The standard InChI is InChI=1S/C19H14ClF3N2O5/c20-11-4-1-9(2-5-11)16(26)14-15(10-3-6-12-13(7-10)30-8-29-12)24-17(27)25-18(14,28)19(21,22)23/h1-7,14-15,28H,8H2,(H2,24,25,27)/t14-,15+,18-/m1/s1. The number of benzene rings is 2. The quantitative estimate of drug-likeness (QED) is 0.634. The van der Waals surface area contributed by atoms with Gasteiger partial charge in [0.25, 0.3) is 0 Å². The van der Waals surface area contributed by atoms with Crippen LogP contribution in [-0.4, -0.2) is 35.6 Å². The summed E-state index contributed by atoms with van der Waals surface area (Å²) in [6, 6.07) is 6.57. The van der Waals surface area contributed by atoms with Crippen LogP contribution in [-0.2, 0) is 0 Å². The molecule has 2 aromatic rings. The summed E-state index contributed by atoms with van der Waals surface area (Å²) in [5, 5.41) is 14.6. The van der Waals surface area contributed by atoms with Crippen molar-refractivity contribution in [2.75, 3.05) is 6.79 Å². The van der Waals surface area contributed by atoms with Gasteiger partial charge < -0.3 is 25.2 Å². The van der Waals surface area contributed by atoms with Crippen LogP contribution in [0.2, 0.25) is 5.02 Å². The van der Waals surface area contributed by atoms with Gasteiger partial charge in [-0.1, -0.05) is 17.7 Å². The van der Waals surface area contributed by atoms with Crippen LogP contribution in [0.5, 0.6) is 11.5 Å². The zero-order valence-electron chi connectivity index (χ0n) is 15.0. The Labute approximate surface area is 172 Å². The molecule has 2 amide bonds. The first-order valence-corrected chi connectivity index (χ1v) is 9.05. The van der Waals surface area contributed by atoms with Gasteiger partial charge in [-0.2, -0.15) is 13.2 Å². The monoisotopic (exact) mass is 442 g/mol. The molecule has 1 fully saturated rings. The first kappa shape index (κ1) is 20.3. The lowest BCUT2D eigenvalue weighted by molar-refractivity contribution is -0.287. The number of nitrogens with one attached hydrogen (secondary N) is 2. The first-order valence-electron chi connectivity index (χ1n) is 8.67. The molecule has 2 aliphatic heterocycles. The number of fused-ring (bicyclic) bond motifs is 1. The Kier molecular flexibility index (Phi) is 4.78. The first-order chi connectivity index (χ1) is 14.1. The third-order valence-corrected chi connectivity index (χ3v) is 5.23. The van der Waals surface area contributed by atoms with Gasteiger partial charge in [-0.25, -0.2) is 4.79 Å². The summed E-state index contributed by atoms with van der Waals surface area (Å²) in [5.41, 5.74) is -3.80. The highest BCUT2D eigenvalue weighted by Gasteiger charge is 2.66. The fraction of sp³-hybridized carbons (Fsp3) is 0.263. The number of ketones is 1. The zero-order valence-corrected chi connectivity index (χ0v) is 15.8. The van der Waals surface area contributed by atoms with Gasteiger partial charge in [0.1, 0.15) is 5.92 Å². The number of Topliss-reactive ketones (excluding diaryl/α,β-unsaturated/α-hetero) is 1. The van der Waals surface area contributed by atoms with Crippen LogP contribution in [0.3, 0.4) is 0 Å². The number of carbonyl (C=O) groups is 2. The van der Waals surface area contributed by atoms with Crippen LogP contribution in [0.15, 0.2) is 42.5 Å². The number of ether oxygens (including phenoxy) is 2. The molecule has 1 saturated heterocycles. The van der Waals surface area contributed by atoms with Crippen LogP contribution in [0.25, 0.3) is 0 Å². The van der Waals surface area contributed by atoms with Gasteiger partial charge in [-0.15, -0.1) is 0 Å². The lowest BCUT2D eigenvalue weighted by Gasteiger charge is -2.45. The van der Waals surface area contributed by atoms with E-state index in [4.69, 9.17) is 21.1 Å². The predicted octanol–water partition coefficient (Wildman–Crippen LogP) is 3.17. The Morgan fingerprint density at radius 3 is 2.47 bits per heavy atom. The van der Waals surface area contributed by atoms with Crippen molar-refractivity contribution in [3.8, 4) is 11.5 Å². The molecule has 0 saturated carbocycles. The predicted molar refractivity (Wildman–Crippen MR) is 97.3 cm³/mol. The minimum atomic E-state index is -5.34. The van der Waals surface area contributed by atoms with E-state index >= 15 is 0 Å². The maximum atomic E-state index is 13.9. The number of rotatable bonds is 3. The van der Waals surface area contributed by atoms with Gasteiger partial charge in [0, 0.05) is 10.6 Å². The van der Waals surface area contributed by atoms with Crippen LogP contribution < -0.4 is 20.1 Å². The third kappa shape index (κ3) is 3.31. The van der Waals surface area contributed by atoms with E-state index in [0.29, 0.717) is 5.75 Å². The number of halogens is 4. The number of urea groups is 1. The van der Waals surface area contributed by atoms with Gasteiger partial charge in [-0.3, -0.25) is 4.79 Å². The Morgan fingerprint density at radius 1 is 1.13 bits per heavy atom. The van der Waals surface area contributed by atoms with E-state index in [-0.39, 0.29) is 28.7 Å². The van der Waals surface area contributed by atoms with Crippen molar-refractivity contribution in [1.82, 2.24) is 10.6 Å². The SMILES string of the molecule is O=C1N[C@@H](c2ccc3c(c2)OCO3)[C@H](C(=O)c2ccc(Cl)cc2)[C@@](O)(C(F)(F)F)N1. The van der Waals surface area contributed by atoms with E-state index in [2.05, 4.69) is 5.32 Å². The second kappa shape index (κ2) is 7.06. The Bertz CT molecular complexity index is 1010. The summed E-state index contributed by atoms with van der Waals surface area (Å²) < 4.78 is 52.1. The molecule has 0 bridgehead atoms. The molecule has 0 spiro atoms. The van der Waals surface area contributed by atoms with Crippen molar-refractivity contribution in [1.29, 1.82) is 0 Å². The van der Waals surface area contributed by atoms with Gasteiger partial charge in [-0.05, 0) is 42.0 Å². The molecule has 158 valence electrons. The van der Waals surface area contributed by atoms with E-state index in [1.807, 2.05) is 0 Å². The highest BCUT2D eigenvalue weighted by atomic mass is 35.5. The van der Waals surface area contributed by atoms with Crippen molar-refractivity contribution < 1.29 is 37.3 Å². The largest absolute Gasteiger partial charge is 0.454 e. The summed E-state index contributed by atoms with van der Waals surface area (Å²) in [4.78, 5) is 25.2. The van der Waals surface area contributed by atoms with Crippen molar-refractivity contribution in [3.63, 3.8) is 0 Å². The molecule has 0 unspecified atom stereocenters. The number of hydrogen-bond acceptors (Lipinski definition) is 5. The van der Waals surface area contributed by atoms with Crippen molar-refractivity contribution in [2.24, 2.45) is 5.92 Å². The second-order valence-electron chi connectivity index (χ2n) is 6.80. The molecule has 30 heavy (non-hydrogen) atoms. The van der Waals surface area contributed by atoms with Gasteiger partial charge in [0.15, 0.2) is 17.3 Å². The molecular weight excluding hydrogens is 429 g/mol. The molecule has 4 rings (SSSR count). The van der Waals surface area contributed by atoms with Gasteiger partial charge >= 0.3 is 12.2 Å².